The number of nitrogens with zero attached hydrogens (tertiary/aromatic N) is 2. The molecule has 2 atom stereocenters. The number of fused-ring (bicyclic) bond motifs is 1. The van der Waals surface area contributed by atoms with Gasteiger partial charge in [-0.05, 0) is 37.6 Å². The lowest BCUT2D eigenvalue weighted by Crippen LogP contribution is -2.33. The fourth-order valence-electron chi connectivity index (χ4n) is 2.46. The van der Waals surface area contributed by atoms with E-state index in [1.807, 2.05) is 38.1 Å². The third kappa shape index (κ3) is 4.14. The molecule has 0 fully saturated rings. The van der Waals surface area contributed by atoms with E-state index in [1.54, 1.807) is 12.1 Å². The molecule has 0 aliphatic carbocycles. The van der Waals surface area contributed by atoms with Gasteiger partial charge in [0.1, 0.15) is 17.2 Å². The third-order valence-electron chi connectivity index (χ3n) is 3.89. The van der Waals surface area contributed by atoms with Gasteiger partial charge in [-0.15, -0.1) is 0 Å². The van der Waals surface area contributed by atoms with E-state index in [4.69, 9.17) is 0 Å². The second-order valence-corrected chi connectivity index (χ2v) is 7.07. The molecule has 3 rings (SSSR count). The maximum absolute atomic E-state index is 13.0. The summed E-state index contributed by atoms with van der Waals surface area (Å²) in [6.45, 7) is 3.72. The largest absolute Gasteiger partial charge is 0.349 e. The number of carbonyl (C=O) groups excluding carboxylic acids is 1. The highest BCUT2D eigenvalue weighted by molar-refractivity contribution is 8.00. The van der Waals surface area contributed by atoms with Gasteiger partial charge >= 0.3 is 0 Å². The Balaban J connectivity index is 1.69. The van der Waals surface area contributed by atoms with Crippen LogP contribution in [0.4, 0.5) is 4.39 Å². The van der Waals surface area contributed by atoms with E-state index in [2.05, 4.69) is 15.3 Å². The van der Waals surface area contributed by atoms with Crippen molar-refractivity contribution < 1.29 is 9.18 Å². The Kier molecular flexibility index (Phi) is 5.28. The van der Waals surface area contributed by atoms with Crippen molar-refractivity contribution in [3.8, 4) is 0 Å². The molecule has 4 nitrogen and oxygen atoms in total. The SMILES string of the molecule is C[C@H](Sc1ncnc2ccccc12)C(=O)N[C@H](C)c1ccc(F)cc1. The van der Waals surface area contributed by atoms with E-state index < -0.39 is 0 Å². The summed E-state index contributed by atoms with van der Waals surface area (Å²) in [5, 5.41) is 4.35. The number of carbonyl (C=O) groups is 1. The number of para-hydroxylation sites is 1. The van der Waals surface area contributed by atoms with Crippen molar-refractivity contribution in [3.05, 3.63) is 66.2 Å². The number of amides is 1. The van der Waals surface area contributed by atoms with Crippen LogP contribution in [0.25, 0.3) is 10.9 Å². The van der Waals surface area contributed by atoms with Gasteiger partial charge in [-0.1, -0.05) is 42.1 Å². The van der Waals surface area contributed by atoms with Gasteiger partial charge in [0, 0.05) is 5.39 Å². The summed E-state index contributed by atoms with van der Waals surface area (Å²) in [4.78, 5) is 21.0. The number of rotatable bonds is 5. The fourth-order valence-corrected chi connectivity index (χ4v) is 3.38. The Hall–Kier alpha value is -2.47. The van der Waals surface area contributed by atoms with Gasteiger partial charge in [0.15, 0.2) is 0 Å². The molecule has 1 aromatic heterocycles. The fraction of sp³-hybridized carbons (Fsp3) is 0.211. The van der Waals surface area contributed by atoms with Crippen LogP contribution in [0.1, 0.15) is 25.5 Å². The molecule has 0 saturated heterocycles. The normalized spacial score (nSPS) is 13.4. The molecular formula is C19H18FN3OS. The van der Waals surface area contributed by atoms with Crippen molar-refractivity contribution in [2.45, 2.75) is 30.2 Å². The minimum atomic E-state index is -0.318. The number of hydrogen-bond donors (Lipinski definition) is 1. The first kappa shape index (κ1) is 17.4. The molecule has 0 radical (unpaired) electrons. The predicted octanol–water partition coefficient (Wildman–Crippen LogP) is 4.13. The highest BCUT2D eigenvalue weighted by Crippen LogP contribution is 2.28. The van der Waals surface area contributed by atoms with Gasteiger partial charge in [0.05, 0.1) is 16.8 Å². The molecule has 0 aliphatic rings. The number of aromatic nitrogens is 2. The first-order chi connectivity index (χ1) is 12.0. The van der Waals surface area contributed by atoms with Crippen LogP contribution in [0, 0.1) is 5.82 Å². The summed E-state index contributed by atoms with van der Waals surface area (Å²) in [5.74, 6) is -0.383. The first-order valence-electron chi connectivity index (χ1n) is 7.97. The molecule has 0 aliphatic heterocycles. The molecule has 0 bridgehead atoms. The van der Waals surface area contributed by atoms with Crippen LogP contribution in [0.3, 0.4) is 0 Å². The molecule has 6 heteroatoms. The van der Waals surface area contributed by atoms with Crippen LogP contribution in [0.2, 0.25) is 0 Å². The molecule has 1 N–H and O–H groups in total. The van der Waals surface area contributed by atoms with Crippen molar-refractivity contribution in [2.24, 2.45) is 0 Å². The van der Waals surface area contributed by atoms with Crippen LogP contribution in [-0.2, 0) is 4.79 Å². The molecule has 1 amide bonds. The average molecular weight is 355 g/mol. The lowest BCUT2D eigenvalue weighted by molar-refractivity contribution is -0.120. The second-order valence-electron chi connectivity index (χ2n) is 5.74. The topological polar surface area (TPSA) is 54.9 Å². The summed E-state index contributed by atoms with van der Waals surface area (Å²) >= 11 is 1.40. The second kappa shape index (κ2) is 7.61. The van der Waals surface area contributed by atoms with E-state index in [-0.39, 0.29) is 23.0 Å². The highest BCUT2D eigenvalue weighted by Gasteiger charge is 2.19. The maximum atomic E-state index is 13.0. The van der Waals surface area contributed by atoms with E-state index >= 15 is 0 Å². The van der Waals surface area contributed by atoms with E-state index in [9.17, 15) is 9.18 Å². The Morgan fingerprint density at radius 2 is 1.80 bits per heavy atom. The predicted molar refractivity (Wildman–Crippen MR) is 97.8 cm³/mol. The Bertz CT molecular complexity index is 880. The summed E-state index contributed by atoms with van der Waals surface area (Å²) in [7, 11) is 0. The zero-order valence-corrected chi connectivity index (χ0v) is 14.8. The van der Waals surface area contributed by atoms with Gasteiger partial charge in [-0.25, -0.2) is 14.4 Å². The van der Waals surface area contributed by atoms with Gasteiger partial charge in [0.25, 0.3) is 0 Å². The Morgan fingerprint density at radius 1 is 1.08 bits per heavy atom. The molecular weight excluding hydrogens is 337 g/mol. The quantitative estimate of drug-likeness (QED) is 0.552. The van der Waals surface area contributed by atoms with Crippen LogP contribution in [0.5, 0.6) is 0 Å². The van der Waals surface area contributed by atoms with Crippen molar-refractivity contribution >= 4 is 28.6 Å². The van der Waals surface area contributed by atoms with Crippen LogP contribution >= 0.6 is 11.8 Å². The van der Waals surface area contributed by atoms with Crippen molar-refractivity contribution in [3.63, 3.8) is 0 Å². The van der Waals surface area contributed by atoms with E-state index in [1.165, 1.54) is 30.2 Å². The molecule has 3 aromatic rings. The van der Waals surface area contributed by atoms with Crippen molar-refractivity contribution in [1.29, 1.82) is 0 Å². The van der Waals surface area contributed by atoms with Crippen LogP contribution in [0.15, 0.2) is 59.9 Å². The van der Waals surface area contributed by atoms with Crippen molar-refractivity contribution in [2.75, 3.05) is 0 Å². The van der Waals surface area contributed by atoms with Gasteiger partial charge in [-0.3, -0.25) is 4.79 Å². The zero-order valence-electron chi connectivity index (χ0n) is 13.9. The summed E-state index contributed by atoms with van der Waals surface area (Å²) in [6, 6.07) is 13.7. The maximum Gasteiger partial charge on any atom is 0.233 e. The third-order valence-corrected chi connectivity index (χ3v) is 5.01. The molecule has 2 aromatic carbocycles. The standard InChI is InChI=1S/C19H18FN3OS/c1-12(14-7-9-15(20)10-8-14)23-18(24)13(2)25-19-16-5-3-4-6-17(16)21-11-22-19/h3-13H,1-2H3,(H,23,24)/t12-,13+/m1/s1. The highest BCUT2D eigenvalue weighted by atomic mass is 32.2. The Morgan fingerprint density at radius 3 is 2.56 bits per heavy atom. The smallest absolute Gasteiger partial charge is 0.233 e. The van der Waals surface area contributed by atoms with Crippen molar-refractivity contribution in [1.82, 2.24) is 15.3 Å². The van der Waals surface area contributed by atoms with Gasteiger partial charge in [0.2, 0.25) is 5.91 Å². The lowest BCUT2D eigenvalue weighted by Gasteiger charge is -2.18. The number of halogens is 1. The number of nitrogens with one attached hydrogen (secondary N) is 1. The molecule has 128 valence electrons. The van der Waals surface area contributed by atoms with Gasteiger partial charge < -0.3 is 5.32 Å². The van der Waals surface area contributed by atoms with Gasteiger partial charge in [-0.2, -0.15) is 0 Å². The number of hydrogen-bond acceptors (Lipinski definition) is 4. The molecule has 0 unspecified atom stereocenters. The molecule has 1 heterocycles. The monoisotopic (exact) mass is 355 g/mol. The summed E-state index contributed by atoms with van der Waals surface area (Å²) < 4.78 is 13.0. The molecule has 25 heavy (non-hydrogen) atoms. The van der Waals surface area contributed by atoms with E-state index in [0.29, 0.717) is 0 Å². The first-order valence-corrected chi connectivity index (χ1v) is 8.85. The summed E-state index contributed by atoms with van der Waals surface area (Å²) in [5.41, 5.74) is 1.71. The minimum absolute atomic E-state index is 0.0930. The van der Waals surface area contributed by atoms with E-state index in [0.717, 1.165) is 21.5 Å². The molecule has 0 saturated carbocycles. The Labute approximate surface area is 149 Å². The summed E-state index contributed by atoms with van der Waals surface area (Å²) in [6.07, 6.45) is 1.51. The van der Waals surface area contributed by atoms with Crippen LogP contribution in [-0.4, -0.2) is 21.1 Å². The zero-order chi connectivity index (χ0) is 17.8. The van der Waals surface area contributed by atoms with Crippen LogP contribution < -0.4 is 5.32 Å². The lowest BCUT2D eigenvalue weighted by atomic mass is 10.1. The number of benzene rings is 2. The number of thioether (sulfide) groups is 1. The molecule has 0 spiro atoms. The average Bonchev–Trinajstić information content (AvgIpc) is 2.62. The minimum Gasteiger partial charge on any atom is -0.349 e.